The van der Waals surface area contributed by atoms with Gasteiger partial charge >= 0.3 is 17.8 Å². The molecule has 17 heteroatoms. The normalized spacial score (nSPS) is 24.8. The smallest absolute Gasteiger partial charge is 0.477 e. The number of thioether (sulfide) groups is 2. The summed E-state index contributed by atoms with van der Waals surface area (Å²) in [6.45, 7) is 1.80. The Labute approximate surface area is 210 Å². The van der Waals surface area contributed by atoms with Gasteiger partial charge < -0.3 is 10.4 Å². The molecular weight excluding hydrogens is 585 g/mol. The van der Waals surface area contributed by atoms with Crippen LogP contribution in [0.3, 0.4) is 0 Å². The predicted molar refractivity (Wildman–Crippen MR) is 119 cm³/mol. The summed E-state index contributed by atoms with van der Waals surface area (Å²) >= 11 is 6.75. The number of rotatable bonds is 6. The molecule has 0 saturated carbocycles. The molecule has 10 nitrogen and oxygen atoms in total. The Balaban J connectivity index is 1.48. The molecule has 4 rings (SSSR count). The topological polar surface area (TPSA) is 128 Å². The second-order valence-electron chi connectivity index (χ2n) is 7.26. The second kappa shape index (κ2) is 9.23. The van der Waals surface area contributed by atoms with Crippen molar-refractivity contribution in [2.24, 2.45) is 5.11 Å². The van der Waals surface area contributed by atoms with Crippen LogP contribution in [0.5, 0.6) is 0 Å². The lowest BCUT2D eigenvalue weighted by Crippen LogP contribution is -2.71. The number of carboxylic acid groups (broad SMARTS) is 1. The zero-order valence-electron chi connectivity index (χ0n) is 17.3. The van der Waals surface area contributed by atoms with E-state index in [9.17, 15) is 32.7 Å². The molecule has 1 fully saturated rings. The lowest BCUT2D eigenvalue weighted by atomic mass is 10.0. The first kappa shape index (κ1) is 25.1. The first-order valence-corrected chi connectivity index (χ1v) is 13.1. The number of nitrogens with zero attached hydrogens (tertiary/aromatic N) is 5. The molecule has 1 aromatic rings. The van der Waals surface area contributed by atoms with E-state index in [4.69, 9.17) is 0 Å². The molecule has 2 amide bonds. The average Bonchev–Trinajstić information content (AvgIpc) is 3.30. The van der Waals surface area contributed by atoms with Crippen molar-refractivity contribution in [1.82, 2.24) is 20.4 Å². The quantitative estimate of drug-likeness (QED) is 0.290. The minimum atomic E-state index is -4.72. The largest absolute Gasteiger partial charge is 0.480 e. The molecule has 0 radical (unpaired) electrons. The summed E-state index contributed by atoms with van der Waals surface area (Å²) in [6, 6.07) is -2.59. The molecule has 1 saturated heterocycles. The van der Waals surface area contributed by atoms with Crippen molar-refractivity contribution in [2.75, 3.05) is 18.6 Å². The van der Waals surface area contributed by atoms with E-state index in [2.05, 4.69) is 36.6 Å². The first-order valence-electron chi connectivity index (χ1n) is 9.44. The lowest BCUT2D eigenvalue weighted by Gasteiger charge is -2.49. The maximum Gasteiger partial charge on any atom is 0.480 e. The number of carbonyl (C=O) groups is 3. The molecule has 0 spiro atoms. The van der Waals surface area contributed by atoms with Crippen LogP contribution < -0.4 is 5.32 Å². The number of aliphatic carboxylic acids is 1. The summed E-state index contributed by atoms with van der Waals surface area (Å²) in [5.41, 5.74) is -0.735. The molecule has 3 aliphatic heterocycles. The Hall–Kier alpha value is -1.98. The SMILES string of the molecule is Cc1nnc(SCC2=C(C(=O)O)N3C(=O)C(NC(=O)C4N=[N+](C)C(C(F)(F)F)=C4Br)C3SC2)s1. The maximum absolute atomic E-state index is 13.2. The third-order valence-electron chi connectivity index (χ3n) is 5.02. The molecule has 182 valence electrons. The zero-order valence-corrected chi connectivity index (χ0v) is 21.3. The molecule has 4 heterocycles. The number of azo groups is 2. The van der Waals surface area contributed by atoms with E-state index in [1.807, 2.05) is 0 Å². The van der Waals surface area contributed by atoms with Gasteiger partial charge in [-0.3, -0.25) is 14.5 Å². The number of alkyl halides is 3. The number of amides is 2. The van der Waals surface area contributed by atoms with Crippen LogP contribution in [-0.2, 0) is 14.4 Å². The number of carboxylic acids is 1. The van der Waals surface area contributed by atoms with Crippen molar-refractivity contribution in [3.63, 3.8) is 0 Å². The van der Waals surface area contributed by atoms with Gasteiger partial charge in [-0.1, -0.05) is 27.8 Å². The van der Waals surface area contributed by atoms with Crippen LogP contribution >= 0.6 is 50.8 Å². The Morgan fingerprint density at radius 1 is 1.38 bits per heavy atom. The van der Waals surface area contributed by atoms with Crippen LogP contribution in [0, 0.1) is 6.92 Å². The van der Waals surface area contributed by atoms with Gasteiger partial charge in [0.2, 0.25) is 6.04 Å². The fourth-order valence-electron chi connectivity index (χ4n) is 3.56. The third kappa shape index (κ3) is 4.49. The van der Waals surface area contributed by atoms with E-state index in [0.717, 1.165) is 17.0 Å². The van der Waals surface area contributed by atoms with E-state index in [1.54, 1.807) is 6.92 Å². The van der Waals surface area contributed by atoms with Crippen LogP contribution in [0.1, 0.15) is 5.01 Å². The molecule has 3 atom stereocenters. The molecule has 0 aliphatic carbocycles. The highest BCUT2D eigenvalue weighted by molar-refractivity contribution is 9.11. The number of nitrogens with one attached hydrogen (secondary N) is 1. The summed E-state index contributed by atoms with van der Waals surface area (Å²) in [5, 5.41) is 23.8. The van der Waals surface area contributed by atoms with Gasteiger partial charge in [0.1, 0.15) is 26.6 Å². The molecule has 3 aliphatic rings. The van der Waals surface area contributed by atoms with E-state index in [0.29, 0.717) is 26.1 Å². The minimum absolute atomic E-state index is 0.154. The van der Waals surface area contributed by atoms with E-state index >= 15 is 0 Å². The third-order valence-corrected chi connectivity index (χ3v) is 9.23. The van der Waals surface area contributed by atoms with Gasteiger partial charge in [-0.25, -0.2) is 4.79 Å². The lowest BCUT2D eigenvalue weighted by molar-refractivity contribution is -0.535. The minimum Gasteiger partial charge on any atom is -0.477 e. The highest BCUT2D eigenvalue weighted by Crippen LogP contribution is 2.42. The van der Waals surface area contributed by atoms with Crippen molar-refractivity contribution in [3.8, 4) is 0 Å². The Bertz CT molecular complexity index is 1180. The van der Waals surface area contributed by atoms with Crippen LogP contribution in [0.25, 0.3) is 0 Å². The molecule has 0 aromatic carbocycles. The molecule has 2 N–H and O–H groups in total. The van der Waals surface area contributed by atoms with Gasteiger partial charge in [0, 0.05) is 11.5 Å². The average molecular weight is 600 g/mol. The predicted octanol–water partition coefficient (Wildman–Crippen LogP) is 2.32. The van der Waals surface area contributed by atoms with Crippen molar-refractivity contribution in [3.05, 3.63) is 26.5 Å². The zero-order chi connectivity index (χ0) is 24.9. The van der Waals surface area contributed by atoms with Crippen LogP contribution in [0.4, 0.5) is 13.2 Å². The molecule has 3 unspecified atom stereocenters. The number of halogens is 4. The number of aromatic nitrogens is 2. The van der Waals surface area contributed by atoms with Crippen molar-refractivity contribution >= 4 is 68.6 Å². The number of hydrogen-bond donors (Lipinski definition) is 2. The van der Waals surface area contributed by atoms with Crippen molar-refractivity contribution < 1.29 is 37.4 Å². The fourth-order valence-corrected chi connectivity index (χ4v) is 7.65. The monoisotopic (exact) mass is 599 g/mol. The van der Waals surface area contributed by atoms with E-state index in [1.165, 1.54) is 34.9 Å². The van der Waals surface area contributed by atoms with Gasteiger partial charge in [-0.05, 0) is 33.5 Å². The number of carbonyl (C=O) groups excluding carboxylic acids is 2. The summed E-state index contributed by atoms with van der Waals surface area (Å²) in [5.74, 6) is -2.24. The number of hydrogen-bond acceptors (Lipinski definition) is 9. The number of aryl methyl sites for hydroxylation is 1. The highest BCUT2D eigenvalue weighted by Gasteiger charge is 2.56. The number of β-lactam (4-membered cyclic amide) rings is 1. The Morgan fingerprint density at radius 2 is 2.09 bits per heavy atom. The van der Waals surface area contributed by atoms with Crippen molar-refractivity contribution in [2.45, 2.75) is 34.9 Å². The molecule has 1 aromatic heterocycles. The molecule has 34 heavy (non-hydrogen) atoms. The summed E-state index contributed by atoms with van der Waals surface area (Å²) in [7, 11) is 1.07. The molecule has 0 bridgehead atoms. The van der Waals surface area contributed by atoms with E-state index < -0.39 is 51.6 Å². The van der Waals surface area contributed by atoms with Crippen LogP contribution in [0.15, 0.2) is 30.9 Å². The van der Waals surface area contributed by atoms with E-state index in [-0.39, 0.29) is 5.70 Å². The van der Waals surface area contributed by atoms with Gasteiger partial charge in [0.05, 0.1) is 0 Å². The van der Waals surface area contributed by atoms with Gasteiger partial charge in [-0.2, -0.15) is 13.2 Å². The highest BCUT2D eigenvalue weighted by atomic mass is 79.9. The van der Waals surface area contributed by atoms with Gasteiger partial charge in [-0.15, -0.1) is 22.0 Å². The molecular formula is C17H15BrF3N6O4S3+. The maximum atomic E-state index is 13.2. The van der Waals surface area contributed by atoms with Gasteiger partial charge in [0.15, 0.2) is 11.4 Å². The summed E-state index contributed by atoms with van der Waals surface area (Å²) in [6.07, 6.45) is -4.72. The summed E-state index contributed by atoms with van der Waals surface area (Å²) in [4.78, 5) is 38.5. The Morgan fingerprint density at radius 3 is 2.65 bits per heavy atom. The first-order chi connectivity index (χ1) is 15.9. The van der Waals surface area contributed by atoms with Gasteiger partial charge in [0.25, 0.3) is 11.8 Å². The fraction of sp³-hybridized carbons (Fsp3) is 0.471. The van der Waals surface area contributed by atoms with Crippen LogP contribution in [-0.4, -0.2) is 84.9 Å². The Kier molecular flexibility index (Phi) is 6.82. The second-order valence-corrected chi connectivity index (χ2v) is 11.6. The summed E-state index contributed by atoms with van der Waals surface area (Å²) < 4.78 is 40.4. The number of fused-ring (bicyclic) bond motifs is 1. The number of allylic oxidation sites excluding steroid dienone is 1. The van der Waals surface area contributed by atoms with Crippen LogP contribution in [0.2, 0.25) is 0 Å². The standard InChI is InChI=1S/C17H14BrF3N6O4S3/c1-5-23-24-16(34-5)33-4-6-3-32-14-9(13(29)27(14)10(6)15(30)31)22-12(28)8-7(18)11(17(19,20)21)26(2)25-8/h8-9,14H,3-4H2,1-2H3,(H-,22,28,30,31)/p+1. The van der Waals surface area contributed by atoms with Crippen molar-refractivity contribution in [1.29, 1.82) is 0 Å².